The standard InChI is InChI=1S/C10H11ClN4/c11-6-9-13-14-10(7-12)15(9)8-4-2-1-3-5-8/h1-5H,6-7,12H2. The lowest BCUT2D eigenvalue weighted by molar-refractivity contribution is 0.848. The highest BCUT2D eigenvalue weighted by Crippen LogP contribution is 2.13. The van der Waals surface area contributed by atoms with E-state index in [1.54, 1.807) is 0 Å². The van der Waals surface area contributed by atoms with Crippen LogP contribution in [0.3, 0.4) is 0 Å². The molecule has 2 N–H and O–H groups in total. The fraction of sp³-hybridized carbons (Fsp3) is 0.200. The van der Waals surface area contributed by atoms with Crippen molar-refractivity contribution < 1.29 is 0 Å². The van der Waals surface area contributed by atoms with Gasteiger partial charge in [-0.3, -0.25) is 4.57 Å². The summed E-state index contributed by atoms with van der Waals surface area (Å²) in [5, 5.41) is 7.97. The van der Waals surface area contributed by atoms with Crippen molar-refractivity contribution in [2.24, 2.45) is 5.73 Å². The zero-order chi connectivity index (χ0) is 10.7. The van der Waals surface area contributed by atoms with Gasteiger partial charge in [0.15, 0.2) is 11.6 Å². The first-order chi connectivity index (χ1) is 7.36. The van der Waals surface area contributed by atoms with Gasteiger partial charge in [0.25, 0.3) is 0 Å². The number of halogens is 1. The average Bonchev–Trinajstić information content (AvgIpc) is 2.72. The monoisotopic (exact) mass is 222 g/mol. The van der Waals surface area contributed by atoms with Crippen molar-refractivity contribution in [3.05, 3.63) is 42.0 Å². The molecule has 2 rings (SSSR count). The minimum atomic E-state index is 0.321. The van der Waals surface area contributed by atoms with Crippen LogP contribution in [0.25, 0.3) is 5.69 Å². The molecular weight excluding hydrogens is 212 g/mol. The molecule has 78 valence electrons. The number of benzene rings is 1. The van der Waals surface area contributed by atoms with Gasteiger partial charge in [0.1, 0.15) is 0 Å². The largest absolute Gasteiger partial charge is 0.324 e. The molecule has 0 radical (unpaired) electrons. The highest BCUT2D eigenvalue weighted by atomic mass is 35.5. The summed E-state index contributed by atoms with van der Waals surface area (Å²) in [5.41, 5.74) is 6.57. The van der Waals surface area contributed by atoms with Crippen molar-refractivity contribution >= 4 is 11.6 Å². The van der Waals surface area contributed by atoms with Crippen LogP contribution in [-0.2, 0) is 12.4 Å². The molecule has 0 unspecified atom stereocenters. The molecule has 1 aromatic carbocycles. The van der Waals surface area contributed by atoms with Crippen LogP contribution in [0.2, 0.25) is 0 Å². The highest BCUT2D eigenvalue weighted by Gasteiger charge is 2.10. The Morgan fingerprint density at radius 3 is 2.40 bits per heavy atom. The van der Waals surface area contributed by atoms with E-state index in [0.717, 1.165) is 11.5 Å². The Balaban J connectivity index is 2.55. The Kier molecular flexibility index (Phi) is 2.99. The van der Waals surface area contributed by atoms with Gasteiger partial charge in [-0.25, -0.2) is 0 Å². The summed E-state index contributed by atoms with van der Waals surface area (Å²) >= 11 is 5.79. The highest BCUT2D eigenvalue weighted by molar-refractivity contribution is 6.16. The third kappa shape index (κ3) is 1.86. The summed E-state index contributed by atoms with van der Waals surface area (Å²) < 4.78 is 1.88. The summed E-state index contributed by atoms with van der Waals surface area (Å²) in [6.45, 7) is 0.346. The van der Waals surface area contributed by atoms with Crippen LogP contribution in [0.5, 0.6) is 0 Å². The molecule has 5 heteroatoms. The molecule has 0 fully saturated rings. The molecule has 2 aromatic rings. The normalized spacial score (nSPS) is 10.5. The van der Waals surface area contributed by atoms with Crippen LogP contribution in [0.15, 0.2) is 30.3 Å². The van der Waals surface area contributed by atoms with Gasteiger partial charge in [0.2, 0.25) is 0 Å². The number of nitrogens with two attached hydrogens (primary N) is 1. The summed E-state index contributed by atoms with van der Waals surface area (Å²) in [4.78, 5) is 0. The van der Waals surface area contributed by atoms with Gasteiger partial charge in [0, 0.05) is 5.69 Å². The molecule has 0 aliphatic heterocycles. The molecule has 0 amide bonds. The van der Waals surface area contributed by atoms with Crippen LogP contribution < -0.4 is 5.73 Å². The average molecular weight is 223 g/mol. The molecule has 1 aromatic heterocycles. The van der Waals surface area contributed by atoms with Crippen molar-refractivity contribution in [3.8, 4) is 5.69 Å². The number of para-hydroxylation sites is 1. The molecule has 0 aliphatic rings. The van der Waals surface area contributed by atoms with Crippen molar-refractivity contribution in [1.29, 1.82) is 0 Å². The predicted octanol–water partition coefficient (Wildman–Crippen LogP) is 1.46. The second-order valence-corrected chi connectivity index (χ2v) is 3.31. The van der Waals surface area contributed by atoms with Crippen molar-refractivity contribution in [2.75, 3.05) is 0 Å². The Hall–Kier alpha value is -1.39. The van der Waals surface area contributed by atoms with Crippen LogP contribution in [-0.4, -0.2) is 14.8 Å². The zero-order valence-corrected chi connectivity index (χ0v) is 8.85. The van der Waals surface area contributed by atoms with Gasteiger partial charge in [-0.2, -0.15) is 0 Å². The maximum absolute atomic E-state index is 5.79. The molecular formula is C10H11ClN4. The number of hydrogen-bond acceptors (Lipinski definition) is 3. The molecule has 0 saturated carbocycles. The quantitative estimate of drug-likeness (QED) is 0.801. The fourth-order valence-corrected chi connectivity index (χ4v) is 1.62. The summed E-state index contributed by atoms with van der Waals surface area (Å²) in [6.07, 6.45) is 0. The van der Waals surface area contributed by atoms with E-state index in [2.05, 4.69) is 10.2 Å². The van der Waals surface area contributed by atoms with Crippen LogP contribution >= 0.6 is 11.6 Å². The molecule has 0 bridgehead atoms. The van der Waals surface area contributed by atoms with Crippen molar-refractivity contribution in [2.45, 2.75) is 12.4 Å². The van der Waals surface area contributed by atoms with Crippen LogP contribution in [0, 0.1) is 0 Å². The number of nitrogens with zero attached hydrogens (tertiary/aromatic N) is 3. The second kappa shape index (κ2) is 4.42. The van der Waals surface area contributed by atoms with Crippen molar-refractivity contribution in [1.82, 2.24) is 14.8 Å². The van der Waals surface area contributed by atoms with Gasteiger partial charge < -0.3 is 5.73 Å². The Labute approximate surface area is 92.7 Å². The minimum Gasteiger partial charge on any atom is -0.324 e. The van der Waals surface area contributed by atoms with E-state index in [0.29, 0.717) is 18.2 Å². The Bertz CT molecular complexity index is 416. The first kappa shape index (κ1) is 10.1. The second-order valence-electron chi connectivity index (χ2n) is 3.04. The number of rotatable bonds is 3. The van der Waals surface area contributed by atoms with E-state index in [4.69, 9.17) is 17.3 Å². The molecule has 1 heterocycles. The maximum atomic E-state index is 5.79. The van der Waals surface area contributed by atoms with E-state index in [9.17, 15) is 0 Å². The molecule has 0 atom stereocenters. The number of alkyl halides is 1. The number of aromatic nitrogens is 3. The van der Waals surface area contributed by atoms with Crippen molar-refractivity contribution in [3.63, 3.8) is 0 Å². The number of hydrogen-bond donors (Lipinski definition) is 1. The summed E-state index contributed by atoms with van der Waals surface area (Å²) in [7, 11) is 0. The molecule has 0 saturated heterocycles. The SMILES string of the molecule is NCc1nnc(CCl)n1-c1ccccc1. The van der Waals surface area contributed by atoms with Crippen LogP contribution in [0.1, 0.15) is 11.6 Å². The van der Waals surface area contributed by atoms with E-state index in [1.165, 1.54) is 0 Å². The lowest BCUT2D eigenvalue weighted by Gasteiger charge is -2.07. The van der Waals surface area contributed by atoms with Gasteiger partial charge in [0.05, 0.1) is 12.4 Å². The van der Waals surface area contributed by atoms with Crippen LogP contribution in [0.4, 0.5) is 0 Å². The van der Waals surface area contributed by atoms with Gasteiger partial charge in [-0.15, -0.1) is 21.8 Å². The smallest absolute Gasteiger partial charge is 0.152 e. The Morgan fingerprint density at radius 1 is 1.13 bits per heavy atom. The van der Waals surface area contributed by atoms with E-state index < -0.39 is 0 Å². The Morgan fingerprint density at radius 2 is 1.80 bits per heavy atom. The predicted molar refractivity (Wildman–Crippen MR) is 58.8 cm³/mol. The molecule has 0 spiro atoms. The lowest BCUT2D eigenvalue weighted by Crippen LogP contribution is -2.08. The lowest BCUT2D eigenvalue weighted by atomic mass is 10.3. The third-order valence-corrected chi connectivity index (χ3v) is 2.35. The first-order valence-corrected chi connectivity index (χ1v) is 5.15. The first-order valence-electron chi connectivity index (χ1n) is 4.61. The van der Waals surface area contributed by atoms with E-state index in [-0.39, 0.29) is 0 Å². The fourth-order valence-electron chi connectivity index (χ4n) is 1.45. The molecule has 15 heavy (non-hydrogen) atoms. The summed E-state index contributed by atoms with van der Waals surface area (Å²) in [6, 6.07) is 9.80. The topological polar surface area (TPSA) is 56.7 Å². The van der Waals surface area contributed by atoms with Gasteiger partial charge in [-0.1, -0.05) is 18.2 Å². The minimum absolute atomic E-state index is 0.321. The third-order valence-electron chi connectivity index (χ3n) is 2.11. The van der Waals surface area contributed by atoms with E-state index in [1.807, 2.05) is 34.9 Å². The summed E-state index contributed by atoms with van der Waals surface area (Å²) in [5.74, 6) is 1.75. The van der Waals surface area contributed by atoms with E-state index >= 15 is 0 Å². The molecule has 0 aliphatic carbocycles. The molecule has 4 nitrogen and oxygen atoms in total. The zero-order valence-electron chi connectivity index (χ0n) is 8.10. The van der Waals surface area contributed by atoms with Gasteiger partial charge >= 0.3 is 0 Å². The van der Waals surface area contributed by atoms with Gasteiger partial charge in [-0.05, 0) is 12.1 Å². The maximum Gasteiger partial charge on any atom is 0.152 e.